The fourth-order valence-electron chi connectivity index (χ4n) is 1.83. The van der Waals surface area contributed by atoms with Gasteiger partial charge in [-0.25, -0.2) is 4.98 Å². The summed E-state index contributed by atoms with van der Waals surface area (Å²) >= 11 is 5.24. The zero-order valence-corrected chi connectivity index (χ0v) is 12.7. The van der Waals surface area contributed by atoms with Crippen LogP contribution in [0.15, 0.2) is 15.9 Å². The minimum Gasteiger partial charge on any atom is -0.496 e. The third-order valence-corrected chi connectivity index (χ3v) is 4.31. The summed E-state index contributed by atoms with van der Waals surface area (Å²) < 4.78 is 6.41. The Hall–Kier alpha value is -0.870. The first-order valence-corrected chi connectivity index (χ1v) is 6.92. The van der Waals surface area contributed by atoms with Crippen molar-refractivity contribution in [2.75, 3.05) is 7.11 Å². The molecule has 0 saturated heterocycles. The lowest BCUT2D eigenvalue weighted by Gasteiger charge is -2.10. The minimum atomic E-state index is 0.925. The van der Waals surface area contributed by atoms with E-state index in [0.29, 0.717) is 0 Å². The van der Waals surface area contributed by atoms with Crippen molar-refractivity contribution in [3.05, 3.63) is 32.1 Å². The van der Waals surface area contributed by atoms with Gasteiger partial charge in [0.25, 0.3) is 0 Å². The molecule has 0 saturated carbocycles. The summed E-state index contributed by atoms with van der Waals surface area (Å²) in [4.78, 5) is 4.57. The van der Waals surface area contributed by atoms with Gasteiger partial charge in [-0.05, 0) is 60.0 Å². The third-order valence-electron chi connectivity index (χ3n) is 2.69. The molecule has 2 aromatic rings. The Labute approximate surface area is 114 Å². The van der Waals surface area contributed by atoms with Crippen LogP contribution >= 0.6 is 27.3 Å². The molecule has 90 valence electrons. The monoisotopic (exact) mass is 311 g/mol. The molecule has 0 bridgehead atoms. The highest BCUT2D eigenvalue weighted by Gasteiger charge is 2.13. The molecule has 0 N–H and O–H groups in total. The fraction of sp³-hybridized carbons (Fsp3) is 0.308. The van der Waals surface area contributed by atoms with Crippen molar-refractivity contribution >= 4 is 27.3 Å². The van der Waals surface area contributed by atoms with Gasteiger partial charge in [-0.2, -0.15) is 0 Å². The molecule has 2 nitrogen and oxygen atoms in total. The standard InChI is InChI=1S/C13H14BrNOS/c1-7-6-11(16-4)8(2)5-10(7)12-13(14)17-9(3)15-12/h5-6H,1-4H3. The Balaban J connectivity index is 2.60. The summed E-state index contributed by atoms with van der Waals surface area (Å²) in [5, 5.41) is 1.07. The smallest absolute Gasteiger partial charge is 0.122 e. The van der Waals surface area contributed by atoms with Gasteiger partial charge in [0.2, 0.25) is 0 Å². The molecular weight excluding hydrogens is 298 g/mol. The highest BCUT2D eigenvalue weighted by Crippen LogP contribution is 2.36. The number of benzene rings is 1. The molecule has 1 aromatic heterocycles. The van der Waals surface area contributed by atoms with Gasteiger partial charge in [-0.1, -0.05) is 0 Å². The first-order valence-electron chi connectivity index (χ1n) is 5.31. The number of ether oxygens (including phenoxy) is 1. The fourth-order valence-corrected chi connectivity index (χ4v) is 3.49. The molecule has 1 heterocycles. The van der Waals surface area contributed by atoms with Crippen LogP contribution in [0.2, 0.25) is 0 Å². The number of nitrogens with zero attached hydrogens (tertiary/aromatic N) is 1. The van der Waals surface area contributed by atoms with E-state index in [0.717, 1.165) is 25.8 Å². The van der Waals surface area contributed by atoms with Crippen LogP contribution in [-0.2, 0) is 0 Å². The molecule has 17 heavy (non-hydrogen) atoms. The number of hydrogen-bond donors (Lipinski definition) is 0. The van der Waals surface area contributed by atoms with Gasteiger partial charge in [0.05, 0.1) is 21.6 Å². The van der Waals surface area contributed by atoms with E-state index in [-0.39, 0.29) is 0 Å². The van der Waals surface area contributed by atoms with Crippen molar-refractivity contribution < 1.29 is 4.74 Å². The van der Waals surface area contributed by atoms with Crippen LogP contribution in [0.4, 0.5) is 0 Å². The lowest BCUT2D eigenvalue weighted by Crippen LogP contribution is -1.92. The van der Waals surface area contributed by atoms with E-state index in [1.165, 1.54) is 11.1 Å². The second-order valence-corrected chi connectivity index (χ2v) is 6.51. The Morgan fingerprint density at radius 2 is 1.88 bits per heavy atom. The molecule has 1 aromatic carbocycles. The summed E-state index contributed by atoms with van der Waals surface area (Å²) in [6.45, 7) is 6.15. The highest BCUT2D eigenvalue weighted by atomic mass is 79.9. The Kier molecular flexibility index (Phi) is 3.54. The molecule has 2 rings (SSSR count). The van der Waals surface area contributed by atoms with E-state index in [2.05, 4.69) is 46.9 Å². The normalized spacial score (nSPS) is 10.6. The molecule has 0 unspecified atom stereocenters. The van der Waals surface area contributed by atoms with Gasteiger partial charge >= 0.3 is 0 Å². The Morgan fingerprint density at radius 3 is 2.41 bits per heavy atom. The Morgan fingerprint density at radius 1 is 1.18 bits per heavy atom. The van der Waals surface area contributed by atoms with Crippen molar-refractivity contribution in [2.24, 2.45) is 0 Å². The maximum atomic E-state index is 5.32. The van der Waals surface area contributed by atoms with Gasteiger partial charge < -0.3 is 4.74 Å². The number of thiazole rings is 1. The van der Waals surface area contributed by atoms with Crippen molar-refractivity contribution in [3.63, 3.8) is 0 Å². The lowest BCUT2D eigenvalue weighted by atomic mass is 10.0. The van der Waals surface area contributed by atoms with Crippen LogP contribution < -0.4 is 4.74 Å². The molecule has 0 aliphatic rings. The maximum Gasteiger partial charge on any atom is 0.122 e. The average molecular weight is 312 g/mol. The average Bonchev–Trinajstić information content (AvgIpc) is 2.60. The van der Waals surface area contributed by atoms with E-state index in [1.807, 2.05) is 6.92 Å². The van der Waals surface area contributed by atoms with Gasteiger partial charge in [0.15, 0.2) is 0 Å². The van der Waals surface area contributed by atoms with E-state index >= 15 is 0 Å². The van der Waals surface area contributed by atoms with Crippen molar-refractivity contribution in [2.45, 2.75) is 20.8 Å². The number of rotatable bonds is 2. The second kappa shape index (κ2) is 4.78. The third kappa shape index (κ3) is 2.38. The molecule has 0 fully saturated rings. The van der Waals surface area contributed by atoms with E-state index in [4.69, 9.17) is 4.74 Å². The molecule has 0 aliphatic carbocycles. The summed E-state index contributed by atoms with van der Waals surface area (Å²) in [5.74, 6) is 0.925. The zero-order chi connectivity index (χ0) is 12.6. The van der Waals surface area contributed by atoms with Crippen LogP contribution in [0.25, 0.3) is 11.3 Å². The van der Waals surface area contributed by atoms with Crippen LogP contribution in [0.5, 0.6) is 5.75 Å². The predicted molar refractivity (Wildman–Crippen MR) is 76.0 cm³/mol. The van der Waals surface area contributed by atoms with Crippen molar-refractivity contribution in [3.8, 4) is 17.0 Å². The van der Waals surface area contributed by atoms with Crippen molar-refractivity contribution in [1.82, 2.24) is 4.98 Å². The molecular formula is C13H14BrNOS. The lowest BCUT2D eigenvalue weighted by molar-refractivity contribution is 0.411. The van der Waals surface area contributed by atoms with Crippen molar-refractivity contribution in [1.29, 1.82) is 0 Å². The van der Waals surface area contributed by atoms with Gasteiger partial charge in [-0.3, -0.25) is 0 Å². The number of aromatic nitrogens is 1. The second-order valence-electron chi connectivity index (χ2n) is 3.99. The first kappa shape index (κ1) is 12.6. The van der Waals surface area contributed by atoms with Gasteiger partial charge in [0, 0.05) is 5.56 Å². The first-order chi connectivity index (χ1) is 8.02. The molecule has 0 atom stereocenters. The molecule has 0 radical (unpaired) electrons. The summed E-state index contributed by atoms with van der Waals surface area (Å²) in [7, 11) is 1.70. The minimum absolute atomic E-state index is 0.925. The van der Waals surface area contributed by atoms with Crippen LogP contribution in [0.1, 0.15) is 16.1 Å². The van der Waals surface area contributed by atoms with Crippen LogP contribution in [0.3, 0.4) is 0 Å². The number of halogens is 1. The number of aryl methyl sites for hydroxylation is 3. The van der Waals surface area contributed by atoms with Crippen LogP contribution in [-0.4, -0.2) is 12.1 Å². The van der Waals surface area contributed by atoms with Gasteiger partial charge in [-0.15, -0.1) is 11.3 Å². The zero-order valence-electron chi connectivity index (χ0n) is 10.3. The highest BCUT2D eigenvalue weighted by molar-refractivity contribution is 9.11. The maximum absolute atomic E-state index is 5.32. The molecule has 0 amide bonds. The number of hydrogen-bond acceptors (Lipinski definition) is 3. The Bertz CT molecular complexity index is 563. The molecule has 0 spiro atoms. The largest absolute Gasteiger partial charge is 0.496 e. The summed E-state index contributed by atoms with van der Waals surface area (Å²) in [6.07, 6.45) is 0. The van der Waals surface area contributed by atoms with E-state index < -0.39 is 0 Å². The van der Waals surface area contributed by atoms with Crippen LogP contribution in [0, 0.1) is 20.8 Å². The van der Waals surface area contributed by atoms with E-state index in [9.17, 15) is 0 Å². The predicted octanol–water partition coefficient (Wildman–Crippen LogP) is 4.51. The number of methoxy groups -OCH3 is 1. The quantitative estimate of drug-likeness (QED) is 0.814. The topological polar surface area (TPSA) is 22.1 Å². The van der Waals surface area contributed by atoms with Gasteiger partial charge in [0.1, 0.15) is 5.75 Å². The summed E-state index contributed by atoms with van der Waals surface area (Å²) in [5.41, 5.74) is 4.50. The van der Waals surface area contributed by atoms with E-state index in [1.54, 1.807) is 18.4 Å². The summed E-state index contributed by atoms with van der Waals surface area (Å²) in [6, 6.07) is 4.19. The molecule has 0 aliphatic heterocycles. The SMILES string of the molecule is COc1cc(C)c(-c2nc(C)sc2Br)cc1C. The molecule has 4 heteroatoms.